The molecule has 0 bridgehead atoms. The lowest BCUT2D eigenvalue weighted by Crippen LogP contribution is -2.22. The van der Waals surface area contributed by atoms with Gasteiger partial charge in [-0.1, -0.05) is 48.9 Å². The van der Waals surface area contributed by atoms with Crippen LogP contribution in [0, 0.1) is 6.92 Å². The lowest BCUT2D eigenvalue weighted by Gasteiger charge is -2.18. The van der Waals surface area contributed by atoms with Gasteiger partial charge in [0, 0.05) is 21.2 Å². The van der Waals surface area contributed by atoms with Crippen molar-refractivity contribution >= 4 is 27.7 Å². The van der Waals surface area contributed by atoms with Crippen molar-refractivity contribution in [3.05, 3.63) is 64.1 Å². The molecular formula is C17H20BrNS. The largest absolute Gasteiger partial charge is 0.309 e. The van der Waals surface area contributed by atoms with E-state index < -0.39 is 0 Å². The van der Waals surface area contributed by atoms with Crippen LogP contribution in [0.3, 0.4) is 0 Å². The molecule has 0 aliphatic carbocycles. The lowest BCUT2D eigenvalue weighted by atomic mass is 10.1. The first kappa shape index (κ1) is 15.6. The minimum atomic E-state index is 0.387. The van der Waals surface area contributed by atoms with E-state index in [1.54, 1.807) is 0 Å². The lowest BCUT2D eigenvalue weighted by molar-refractivity contribution is 0.606. The van der Waals surface area contributed by atoms with Crippen molar-refractivity contribution in [1.82, 2.24) is 5.32 Å². The van der Waals surface area contributed by atoms with E-state index in [9.17, 15) is 0 Å². The van der Waals surface area contributed by atoms with Crippen LogP contribution in [0.5, 0.6) is 0 Å². The molecule has 1 unspecified atom stereocenters. The minimum absolute atomic E-state index is 0.387. The smallest absolute Gasteiger partial charge is 0.0415 e. The molecule has 0 saturated carbocycles. The van der Waals surface area contributed by atoms with Crippen LogP contribution in [-0.4, -0.2) is 12.3 Å². The van der Waals surface area contributed by atoms with Gasteiger partial charge in [0.25, 0.3) is 0 Å². The second-order valence-corrected chi connectivity index (χ2v) is 6.68. The Morgan fingerprint density at radius 3 is 2.45 bits per heavy atom. The zero-order valence-electron chi connectivity index (χ0n) is 11.9. The van der Waals surface area contributed by atoms with E-state index in [1.807, 2.05) is 11.8 Å². The fraction of sp³-hybridized carbons (Fsp3) is 0.294. The van der Waals surface area contributed by atoms with E-state index in [-0.39, 0.29) is 0 Å². The van der Waals surface area contributed by atoms with Crippen LogP contribution in [0.1, 0.15) is 24.1 Å². The van der Waals surface area contributed by atoms with Crippen LogP contribution in [0.15, 0.2) is 57.9 Å². The standard InChI is InChI=1S/C17H20BrNS/c1-3-19-16(14-10-8-13(2)9-11-14)12-20-17-7-5-4-6-15(17)18/h4-11,16,19H,3,12H2,1-2H3. The van der Waals surface area contributed by atoms with Crippen molar-refractivity contribution in [1.29, 1.82) is 0 Å². The maximum absolute atomic E-state index is 3.61. The van der Waals surface area contributed by atoms with Crippen LogP contribution in [-0.2, 0) is 0 Å². The highest BCUT2D eigenvalue weighted by Gasteiger charge is 2.11. The predicted molar refractivity (Wildman–Crippen MR) is 92.5 cm³/mol. The third-order valence-corrected chi connectivity index (χ3v) is 5.29. The van der Waals surface area contributed by atoms with Crippen LogP contribution in [0.2, 0.25) is 0 Å². The Bertz CT molecular complexity index is 539. The molecule has 0 fully saturated rings. The zero-order chi connectivity index (χ0) is 14.4. The number of hydrogen-bond donors (Lipinski definition) is 1. The van der Waals surface area contributed by atoms with E-state index in [0.717, 1.165) is 12.3 Å². The Morgan fingerprint density at radius 2 is 1.80 bits per heavy atom. The van der Waals surface area contributed by atoms with Crippen molar-refractivity contribution in [2.75, 3.05) is 12.3 Å². The second-order valence-electron chi connectivity index (χ2n) is 4.76. The molecule has 0 aliphatic rings. The Morgan fingerprint density at radius 1 is 1.10 bits per heavy atom. The van der Waals surface area contributed by atoms with Gasteiger partial charge in [-0.05, 0) is 47.1 Å². The number of aryl methyl sites for hydroxylation is 1. The Labute approximate surface area is 134 Å². The summed E-state index contributed by atoms with van der Waals surface area (Å²) in [6.07, 6.45) is 0. The van der Waals surface area contributed by atoms with Crippen LogP contribution < -0.4 is 5.32 Å². The van der Waals surface area contributed by atoms with Gasteiger partial charge in [-0.2, -0.15) is 0 Å². The predicted octanol–water partition coefficient (Wildman–Crippen LogP) is 5.20. The van der Waals surface area contributed by atoms with E-state index >= 15 is 0 Å². The van der Waals surface area contributed by atoms with Gasteiger partial charge in [0.15, 0.2) is 0 Å². The topological polar surface area (TPSA) is 12.0 Å². The first-order chi connectivity index (χ1) is 9.70. The van der Waals surface area contributed by atoms with Crippen LogP contribution in [0.25, 0.3) is 0 Å². The highest BCUT2D eigenvalue weighted by molar-refractivity contribution is 9.10. The summed E-state index contributed by atoms with van der Waals surface area (Å²) in [6.45, 7) is 5.27. The van der Waals surface area contributed by atoms with E-state index in [4.69, 9.17) is 0 Å². The molecule has 0 aromatic heterocycles. The molecule has 20 heavy (non-hydrogen) atoms. The normalized spacial score (nSPS) is 12.3. The summed E-state index contributed by atoms with van der Waals surface area (Å²) < 4.78 is 1.17. The summed E-state index contributed by atoms with van der Waals surface area (Å²) >= 11 is 5.49. The fourth-order valence-electron chi connectivity index (χ4n) is 2.05. The van der Waals surface area contributed by atoms with E-state index in [2.05, 4.69) is 83.6 Å². The Kier molecular flexibility index (Phi) is 6.14. The SMILES string of the molecule is CCNC(CSc1ccccc1Br)c1ccc(C)cc1. The number of benzene rings is 2. The Hall–Kier alpha value is -0.770. The van der Waals surface area contributed by atoms with Gasteiger partial charge in [0.2, 0.25) is 0 Å². The molecule has 3 heteroatoms. The van der Waals surface area contributed by atoms with Crippen molar-refractivity contribution in [2.45, 2.75) is 24.8 Å². The van der Waals surface area contributed by atoms with Gasteiger partial charge in [-0.3, -0.25) is 0 Å². The van der Waals surface area contributed by atoms with Gasteiger partial charge >= 0.3 is 0 Å². The maximum atomic E-state index is 3.61. The van der Waals surface area contributed by atoms with Crippen LogP contribution >= 0.6 is 27.7 Å². The molecule has 2 rings (SSSR count). The molecule has 1 N–H and O–H groups in total. The summed E-state index contributed by atoms with van der Waals surface area (Å²) in [5, 5.41) is 3.57. The first-order valence-corrected chi connectivity index (χ1v) is 8.66. The molecule has 1 atom stereocenters. The molecule has 0 amide bonds. The van der Waals surface area contributed by atoms with Gasteiger partial charge < -0.3 is 5.32 Å². The second kappa shape index (κ2) is 7.87. The van der Waals surface area contributed by atoms with Gasteiger partial charge in [0.05, 0.1) is 0 Å². The molecule has 0 aliphatic heterocycles. The molecule has 2 aromatic carbocycles. The molecule has 106 valence electrons. The maximum Gasteiger partial charge on any atom is 0.0415 e. The van der Waals surface area contributed by atoms with Gasteiger partial charge in [-0.25, -0.2) is 0 Å². The number of hydrogen-bond acceptors (Lipinski definition) is 2. The summed E-state index contributed by atoms with van der Waals surface area (Å²) in [6, 6.07) is 17.6. The molecule has 2 aromatic rings. The summed E-state index contributed by atoms with van der Waals surface area (Å²) in [5.41, 5.74) is 2.67. The summed E-state index contributed by atoms with van der Waals surface area (Å²) in [5.74, 6) is 1.03. The van der Waals surface area contributed by atoms with Crippen molar-refractivity contribution in [3.63, 3.8) is 0 Å². The van der Waals surface area contributed by atoms with E-state index in [1.165, 1.54) is 20.5 Å². The zero-order valence-corrected chi connectivity index (χ0v) is 14.3. The monoisotopic (exact) mass is 349 g/mol. The number of thioether (sulfide) groups is 1. The van der Waals surface area contributed by atoms with Gasteiger partial charge in [0.1, 0.15) is 0 Å². The van der Waals surface area contributed by atoms with Crippen LogP contribution in [0.4, 0.5) is 0 Å². The first-order valence-electron chi connectivity index (χ1n) is 6.88. The number of nitrogens with one attached hydrogen (secondary N) is 1. The number of halogens is 1. The molecule has 0 heterocycles. The molecule has 0 radical (unpaired) electrons. The minimum Gasteiger partial charge on any atom is -0.309 e. The third-order valence-electron chi connectivity index (χ3n) is 3.17. The van der Waals surface area contributed by atoms with E-state index in [0.29, 0.717) is 6.04 Å². The summed E-state index contributed by atoms with van der Waals surface area (Å²) in [4.78, 5) is 1.29. The van der Waals surface area contributed by atoms with Crippen molar-refractivity contribution in [3.8, 4) is 0 Å². The summed E-state index contributed by atoms with van der Waals surface area (Å²) in [7, 11) is 0. The molecular weight excluding hydrogens is 330 g/mol. The fourth-order valence-corrected chi connectivity index (χ4v) is 3.72. The molecule has 0 saturated heterocycles. The number of rotatable bonds is 6. The Balaban J connectivity index is 2.06. The van der Waals surface area contributed by atoms with Gasteiger partial charge in [-0.15, -0.1) is 11.8 Å². The molecule has 1 nitrogen and oxygen atoms in total. The quantitative estimate of drug-likeness (QED) is 0.719. The average molecular weight is 350 g/mol. The van der Waals surface area contributed by atoms with Crippen molar-refractivity contribution < 1.29 is 0 Å². The highest BCUT2D eigenvalue weighted by atomic mass is 79.9. The highest BCUT2D eigenvalue weighted by Crippen LogP contribution is 2.30. The van der Waals surface area contributed by atoms with Crippen molar-refractivity contribution in [2.24, 2.45) is 0 Å². The third kappa shape index (κ3) is 4.37. The molecule has 0 spiro atoms. The average Bonchev–Trinajstić information content (AvgIpc) is 2.46.